The lowest BCUT2D eigenvalue weighted by atomic mass is 9.72. The van der Waals surface area contributed by atoms with Crippen LogP contribution in [0.3, 0.4) is 0 Å². The molecule has 0 atom stereocenters. The maximum absolute atomic E-state index is 13.5. The summed E-state index contributed by atoms with van der Waals surface area (Å²) in [6.07, 6.45) is 7.60. The third-order valence-corrected chi connectivity index (χ3v) is 5.04. The van der Waals surface area contributed by atoms with E-state index >= 15 is 0 Å². The fraction of sp³-hybridized carbons (Fsp3) is 0.471. The second kappa shape index (κ2) is 4.52. The normalized spacial score (nSPS) is 29.6. The third-order valence-electron chi connectivity index (χ3n) is 5.04. The molecule has 104 valence electrons. The highest BCUT2D eigenvalue weighted by atomic mass is 19.1. The van der Waals surface area contributed by atoms with Crippen LogP contribution in [0.1, 0.15) is 43.6 Å². The Morgan fingerprint density at radius 1 is 1.15 bits per heavy atom. The van der Waals surface area contributed by atoms with Gasteiger partial charge in [-0.2, -0.15) is 0 Å². The molecule has 2 nitrogen and oxygen atoms in total. The molecule has 1 saturated carbocycles. The highest BCUT2D eigenvalue weighted by Gasteiger charge is 2.41. The molecule has 1 aliphatic carbocycles. The second-order valence-corrected chi connectivity index (χ2v) is 6.12. The molecule has 20 heavy (non-hydrogen) atoms. The first kappa shape index (κ1) is 12.3. The van der Waals surface area contributed by atoms with Crippen molar-refractivity contribution in [2.24, 2.45) is 0 Å². The van der Waals surface area contributed by atoms with E-state index < -0.39 is 0 Å². The zero-order chi connectivity index (χ0) is 13.6. The van der Waals surface area contributed by atoms with Gasteiger partial charge in [0.1, 0.15) is 5.82 Å². The predicted octanol–water partition coefficient (Wildman–Crippen LogP) is 4.19. The summed E-state index contributed by atoms with van der Waals surface area (Å²) >= 11 is 0. The van der Waals surface area contributed by atoms with E-state index in [2.05, 4.69) is 11.1 Å². The van der Waals surface area contributed by atoms with Gasteiger partial charge in [0.2, 0.25) is 0 Å². The van der Waals surface area contributed by atoms with Crippen molar-refractivity contribution < 1.29 is 9.13 Å². The topological polar surface area (TPSA) is 22.1 Å². The minimum atomic E-state index is -0.179. The molecule has 1 saturated heterocycles. The van der Waals surface area contributed by atoms with Crippen LogP contribution in [0.4, 0.5) is 4.39 Å². The highest BCUT2D eigenvalue weighted by molar-refractivity contribution is 5.82. The van der Waals surface area contributed by atoms with Gasteiger partial charge in [0.15, 0.2) is 0 Å². The SMILES string of the molecule is Fc1ccc2nccc(C3CCC4(CCO4)CC3)c2c1. The quantitative estimate of drug-likeness (QED) is 0.776. The number of pyridine rings is 1. The lowest BCUT2D eigenvalue weighted by molar-refractivity contribution is -0.166. The van der Waals surface area contributed by atoms with E-state index in [-0.39, 0.29) is 11.4 Å². The van der Waals surface area contributed by atoms with Crippen LogP contribution < -0.4 is 0 Å². The molecule has 0 unspecified atom stereocenters. The van der Waals surface area contributed by atoms with E-state index in [1.165, 1.54) is 18.1 Å². The lowest BCUT2D eigenvalue weighted by Crippen LogP contribution is -2.46. The molecule has 1 aromatic heterocycles. The first-order valence-corrected chi connectivity index (χ1v) is 7.44. The Labute approximate surface area is 118 Å². The monoisotopic (exact) mass is 271 g/mol. The van der Waals surface area contributed by atoms with Gasteiger partial charge >= 0.3 is 0 Å². The predicted molar refractivity (Wildman–Crippen MR) is 76.2 cm³/mol. The van der Waals surface area contributed by atoms with Gasteiger partial charge in [-0.15, -0.1) is 0 Å². The molecule has 4 rings (SSSR count). The van der Waals surface area contributed by atoms with E-state index in [1.807, 2.05) is 6.20 Å². The number of ether oxygens (including phenoxy) is 1. The fourth-order valence-electron chi connectivity index (χ4n) is 3.74. The molecule has 0 amide bonds. The molecule has 0 radical (unpaired) electrons. The van der Waals surface area contributed by atoms with Crippen molar-refractivity contribution in [1.82, 2.24) is 4.98 Å². The molecule has 1 aliphatic heterocycles. The molecule has 0 bridgehead atoms. The summed E-state index contributed by atoms with van der Waals surface area (Å²) < 4.78 is 19.3. The molecule has 0 N–H and O–H groups in total. The summed E-state index contributed by atoms with van der Waals surface area (Å²) in [5.41, 5.74) is 2.33. The van der Waals surface area contributed by atoms with Crippen LogP contribution in [0.5, 0.6) is 0 Å². The van der Waals surface area contributed by atoms with Gasteiger partial charge in [0, 0.05) is 11.6 Å². The Hall–Kier alpha value is -1.48. The van der Waals surface area contributed by atoms with Gasteiger partial charge < -0.3 is 4.74 Å². The van der Waals surface area contributed by atoms with E-state index in [4.69, 9.17) is 4.74 Å². The Kier molecular flexibility index (Phi) is 2.77. The standard InChI is InChI=1S/C17H18FNO/c18-13-1-2-16-15(11-13)14(5-9-19-16)12-3-6-17(7-4-12)8-10-20-17/h1-2,5,9,11-12H,3-4,6-8,10H2. The maximum atomic E-state index is 13.5. The van der Waals surface area contributed by atoms with Crippen LogP contribution in [-0.2, 0) is 4.74 Å². The first-order chi connectivity index (χ1) is 9.76. The zero-order valence-electron chi connectivity index (χ0n) is 11.4. The van der Waals surface area contributed by atoms with Gasteiger partial charge in [0.05, 0.1) is 17.7 Å². The van der Waals surface area contributed by atoms with Crippen LogP contribution >= 0.6 is 0 Å². The van der Waals surface area contributed by atoms with Crippen molar-refractivity contribution in [3.05, 3.63) is 41.8 Å². The molecule has 2 fully saturated rings. The smallest absolute Gasteiger partial charge is 0.123 e. The third kappa shape index (κ3) is 1.92. The van der Waals surface area contributed by atoms with Crippen molar-refractivity contribution >= 4 is 10.9 Å². The number of hydrogen-bond acceptors (Lipinski definition) is 2. The summed E-state index contributed by atoms with van der Waals surface area (Å²) in [5.74, 6) is 0.332. The number of halogens is 1. The highest BCUT2D eigenvalue weighted by Crippen LogP contribution is 2.46. The van der Waals surface area contributed by atoms with E-state index in [9.17, 15) is 4.39 Å². The summed E-state index contributed by atoms with van der Waals surface area (Å²) in [5, 5.41) is 0.975. The molecular weight excluding hydrogens is 253 g/mol. The van der Waals surface area contributed by atoms with Crippen molar-refractivity contribution in [1.29, 1.82) is 0 Å². The molecule has 1 aromatic carbocycles. The van der Waals surface area contributed by atoms with Gasteiger partial charge in [-0.05, 0) is 67.9 Å². The number of rotatable bonds is 1. The molecule has 1 spiro atoms. The van der Waals surface area contributed by atoms with Gasteiger partial charge in [-0.3, -0.25) is 4.98 Å². The summed E-state index contributed by atoms with van der Waals surface area (Å²) in [7, 11) is 0. The Balaban J connectivity index is 1.67. The van der Waals surface area contributed by atoms with Crippen molar-refractivity contribution in [2.75, 3.05) is 6.61 Å². The van der Waals surface area contributed by atoms with Gasteiger partial charge in [0.25, 0.3) is 0 Å². The number of hydrogen-bond donors (Lipinski definition) is 0. The van der Waals surface area contributed by atoms with E-state index in [0.717, 1.165) is 43.2 Å². The molecular formula is C17H18FNO. The number of aromatic nitrogens is 1. The van der Waals surface area contributed by atoms with Gasteiger partial charge in [-0.1, -0.05) is 0 Å². The number of benzene rings is 1. The Morgan fingerprint density at radius 3 is 2.65 bits per heavy atom. The van der Waals surface area contributed by atoms with Gasteiger partial charge in [-0.25, -0.2) is 4.39 Å². The number of nitrogens with zero attached hydrogens (tertiary/aromatic N) is 1. The van der Waals surface area contributed by atoms with Crippen LogP contribution in [0, 0.1) is 5.82 Å². The summed E-state index contributed by atoms with van der Waals surface area (Å²) in [6, 6.07) is 6.94. The van der Waals surface area contributed by atoms with Crippen LogP contribution in [0.15, 0.2) is 30.5 Å². The summed E-state index contributed by atoms with van der Waals surface area (Å²) in [4.78, 5) is 4.34. The lowest BCUT2D eigenvalue weighted by Gasteiger charge is -2.46. The minimum absolute atomic E-state index is 0.179. The fourth-order valence-corrected chi connectivity index (χ4v) is 3.74. The minimum Gasteiger partial charge on any atom is -0.375 e. The van der Waals surface area contributed by atoms with Crippen LogP contribution in [-0.4, -0.2) is 17.2 Å². The Morgan fingerprint density at radius 2 is 1.95 bits per heavy atom. The average Bonchev–Trinajstić information content (AvgIpc) is 2.45. The molecule has 3 heteroatoms. The van der Waals surface area contributed by atoms with Crippen LogP contribution in [0.2, 0.25) is 0 Å². The molecule has 2 heterocycles. The van der Waals surface area contributed by atoms with Crippen molar-refractivity contribution in [2.45, 2.75) is 43.6 Å². The van der Waals surface area contributed by atoms with Crippen molar-refractivity contribution in [3.63, 3.8) is 0 Å². The largest absolute Gasteiger partial charge is 0.375 e. The number of fused-ring (bicyclic) bond motifs is 1. The first-order valence-electron chi connectivity index (χ1n) is 7.44. The molecule has 2 aromatic rings. The van der Waals surface area contributed by atoms with E-state index in [1.54, 1.807) is 12.1 Å². The average molecular weight is 271 g/mol. The summed E-state index contributed by atoms with van der Waals surface area (Å²) in [6.45, 7) is 0.925. The van der Waals surface area contributed by atoms with E-state index in [0.29, 0.717) is 5.92 Å². The van der Waals surface area contributed by atoms with Crippen molar-refractivity contribution in [3.8, 4) is 0 Å². The second-order valence-electron chi connectivity index (χ2n) is 6.12. The Bertz CT molecular complexity index is 640. The zero-order valence-corrected chi connectivity index (χ0v) is 11.4. The maximum Gasteiger partial charge on any atom is 0.123 e. The molecule has 2 aliphatic rings. The van der Waals surface area contributed by atoms with Crippen LogP contribution in [0.25, 0.3) is 10.9 Å².